The molecule has 0 aliphatic carbocycles. The molecular weight excluding hydrogens is 656 g/mol. The fourth-order valence-corrected chi connectivity index (χ4v) is 5.51. The van der Waals surface area contributed by atoms with Crippen molar-refractivity contribution in [2.24, 2.45) is 0 Å². The van der Waals surface area contributed by atoms with E-state index in [1.54, 1.807) is 0 Å². The molecule has 47 heavy (non-hydrogen) atoms. The van der Waals surface area contributed by atoms with Gasteiger partial charge in [-0.3, -0.25) is 0 Å². The molecule has 23 nitrogen and oxygen atoms in total. The molecule has 0 spiro atoms. The summed E-state index contributed by atoms with van der Waals surface area (Å²) >= 11 is 0. The molecule has 4 heterocycles. The minimum absolute atomic E-state index is 0.912. The van der Waals surface area contributed by atoms with Crippen LogP contribution in [0.3, 0.4) is 0 Å². The van der Waals surface area contributed by atoms with E-state index >= 15 is 0 Å². The summed E-state index contributed by atoms with van der Waals surface area (Å²) in [6.45, 7) is -1.95. The Bertz CT molecular complexity index is 1060. The Morgan fingerprint density at radius 1 is 0.447 bits per heavy atom. The van der Waals surface area contributed by atoms with E-state index in [0.717, 1.165) is 0 Å². The average molecular weight is 695 g/mol. The standard InChI is InChI=1S/C24H38O23/c25-1-3-14(7(29)9(31)21(40)41-3)44-24-13(35)16(12(34)18(47-24)20(38)39)45-22-11(33)8(30)15(4(2-26)42-22)43-23-10(32)5(27)6(28)17(46-23)19(36)37/h3-18,21-35,40H,1-2H2,(H,36,37)(H,38,39)/t3-,4-,5+,6+,7-,8-,9-,10-,11-,12+,13-,14-,15-,16+,17+,18+,21?,22+,23-,24-/m1/s1. The lowest BCUT2D eigenvalue weighted by atomic mass is 9.95. The Morgan fingerprint density at radius 3 is 1.36 bits per heavy atom. The number of carbonyl (C=O) groups is 2. The van der Waals surface area contributed by atoms with Crippen LogP contribution in [-0.2, 0) is 42.7 Å². The van der Waals surface area contributed by atoms with Crippen molar-refractivity contribution >= 4 is 11.9 Å². The van der Waals surface area contributed by atoms with Gasteiger partial charge < -0.3 is 105 Å². The molecule has 272 valence electrons. The highest BCUT2D eigenvalue weighted by molar-refractivity contribution is 5.73. The molecule has 23 heteroatoms. The van der Waals surface area contributed by atoms with E-state index in [-0.39, 0.29) is 0 Å². The number of aliphatic carboxylic acids is 2. The lowest BCUT2D eigenvalue weighted by molar-refractivity contribution is -0.385. The summed E-state index contributed by atoms with van der Waals surface area (Å²) in [6, 6.07) is 0. The number of aliphatic hydroxyl groups excluding tert-OH is 12. The van der Waals surface area contributed by atoms with E-state index in [0.29, 0.717) is 0 Å². The summed E-state index contributed by atoms with van der Waals surface area (Å²) in [6.07, 6.45) is -40.7. The summed E-state index contributed by atoms with van der Waals surface area (Å²) in [5.74, 6) is -3.59. The minimum atomic E-state index is -2.25. The van der Waals surface area contributed by atoms with E-state index in [1.807, 2.05) is 0 Å². The van der Waals surface area contributed by atoms with E-state index < -0.39 is 148 Å². The molecule has 0 aromatic heterocycles. The summed E-state index contributed by atoms with van der Waals surface area (Å²) in [7, 11) is 0. The second kappa shape index (κ2) is 15.4. The lowest BCUT2D eigenvalue weighted by Gasteiger charge is -2.48. The molecule has 0 bridgehead atoms. The largest absolute Gasteiger partial charge is 0.479 e. The Morgan fingerprint density at radius 2 is 0.851 bits per heavy atom. The number of hydrogen-bond donors (Lipinski definition) is 14. The Hall–Kier alpha value is -1.82. The van der Waals surface area contributed by atoms with Gasteiger partial charge in [0.2, 0.25) is 0 Å². The third-order valence-electron chi connectivity index (χ3n) is 8.13. The van der Waals surface area contributed by atoms with Gasteiger partial charge in [0.05, 0.1) is 13.2 Å². The number of hydrogen-bond acceptors (Lipinski definition) is 21. The topological polar surface area (TPSA) is 382 Å². The first-order chi connectivity index (χ1) is 22.0. The maximum absolute atomic E-state index is 11.9. The summed E-state index contributed by atoms with van der Waals surface area (Å²) in [4.78, 5) is 23.3. The fourth-order valence-electron chi connectivity index (χ4n) is 5.51. The van der Waals surface area contributed by atoms with Gasteiger partial charge in [-0.15, -0.1) is 0 Å². The van der Waals surface area contributed by atoms with E-state index in [2.05, 4.69) is 0 Å². The number of carboxylic acids is 2. The molecule has 14 N–H and O–H groups in total. The predicted molar refractivity (Wildman–Crippen MR) is 135 cm³/mol. The first-order valence-electron chi connectivity index (χ1n) is 14.1. The quantitative estimate of drug-likeness (QED) is 0.101. The van der Waals surface area contributed by atoms with E-state index in [4.69, 9.17) is 33.2 Å². The fraction of sp³-hybridized carbons (Fsp3) is 0.917. The van der Waals surface area contributed by atoms with Crippen molar-refractivity contribution in [1.29, 1.82) is 0 Å². The van der Waals surface area contributed by atoms with Crippen molar-refractivity contribution in [3.8, 4) is 0 Å². The zero-order chi connectivity index (χ0) is 35.1. The zero-order valence-electron chi connectivity index (χ0n) is 23.9. The third-order valence-corrected chi connectivity index (χ3v) is 8.13. The van der Waals surface area contributed by atoms with E-state index in [9.17, 15) is 81.1 Å². The molecule has 4 saturated heterocycles. The van der Waals surface area contributed by atoms with Crippen LogP contribution in [0, 0.1) is 0 Å². The summed E-state index contributed by atoms with van der Waals surface area (Å²) in [5.41, 5.74) is 0. The summed E-state index contributed by atoms with van der Waals surface area (Å²) in [5, 5.41) is 142. The number of aliphatic hydroxyl groups is 12. The van der Waals surface area contributed by atoms with Crippen LogP contribution >= 0.6 is 0 Å². The molecule has 0 aromatic carbocycles. The normalized spacial score (nSPS) is 51.0. The average Bonchev–Trinajstić information content (AvgIpc) is 3.03. The van der Waals surface area contributed by atoms with Crippen LogP contribution in [0.2, 0.25) is 0 Å². The van der Waals surface area contributed by atoms with Gasteiger partial charge in [-0.1, -0.05) is 0 Å². The third kappa shape index (κ3) is 7.53. The highest BCUT2D eigenvalue weighted by atomic mass is 16.8. The first-order valence-corrected chi connectivity index (χ1v) is 14.1. The molecule has 4 aliphatic heterocycles. The van der Waals surface area contributed by atoms with Crippen LogP contribution in [0.1, 0.15) is 0 Å². The van der Waals surface area contributed by atoms with Crippen molar-refractivity contribution in [1.82, 2.24) is 0 Å². The van der Waals surface area contributed by atoms with E-state index in [1.165, 1.54) is 0 Å². The molecule has 0 aromatic rings. The van der Waals surface area contributed by atoms with Crippen LogP contribution in [0.4, 0.5) is 0 Å². The van der Waals surface area contributed by atoms with Gasteiger partial charge in [-0.05, 0) is 0 Å². The van der Waals surface area contributed by atoms with Gasteiger partial charge in [0.25, 0.3) is 0 Å². The molecule has 4 fully saturated rings. The highest BCUT2D eigenvalue weighted by Crippen LogP contribution is 2.34. The van der Waals surface area contributed by atoms with Crippen LogP contribution in [-0.4, -0.2) is 219 Å². The van der Waals surface area contributed by atoms with Gasteiger partial charge in [0.1, 0.15) is 85.5 Å². The van der Waals surface area contributed by atoms with Crippen molar-refractivity contribution in [3.63, 3.8) is 0 Å². The molecule has 4 rings (SSSR count). The summed E-state index contributed by atoms with van der Waals surface area (Å²) < 4.78 is 36.6. The molecule has 20 atom stereocenters. The van der Waals surface area contributed by atoms with Crippen LogP contribution in [0.15, 0.2) is 0 Å². The molecule has 1 unspecified atom stereocenters. The Labute approximate surface area is 262 Å². The van der Waals surface area contributed by atoms with Gasteiger partial charge in [0, 0.05) is 0 Å². The maximum Gasteiger partial charge on any atom is 0.335 e. The van der Waals surface area contributed by atoms with Crippen molar-refractivity contribution in [3.05, 3.63) is 0 Å². The molecular formula is C24H38O23. The number of rotatable bonds is 10. The second-order valence-electron chi connectivity index (χ2n) is 11.2. The van der Waals surface area contributed by atoms with Crippen molar-refractivity contribution in [2.45, 2.75) is 123 Å². The van der Waals surface area contributed by atoms with Crippen LogP contribution in [0.25, 0.3) is 0 Å². The second-order valence-corrected chi connectivity index (χ2v) is 11.2. The maximum atomic E-state index is 11.9. The Balaban J connectivity index is 1.51. The lowest BCUT2D eigenvalue weighted by Crippen LogP contribution is -2.68. The highest BCUT2D eigenvalue weighted by Gasteiger charge is 2.56. The molecule has 4 aliphatic rings. The monoisotopic (exact) mass is 694 g/mol. The predicted octanol–water partition coefficient (Wildman–Crippen LogP) is -9.56. The van der Waals surface area contributed by atoms with Gasteiger partial charge in [-0.25, -0.2) is 9.59 Å². The zero-order valence-corrected chi connectivity index (χ0v) is 23.9. The molecule has 0 saturated carbocycles. The molecule has 0 radical (unpaired) electrons. The van der Waals surface area contributed by atoms with Crippen molar-refractivity contribution in [2.75, 3.05) is 13.2 Å². The first kappa shape index (κ1) is 38.0. The SMILES string of the molecule is O=C(O)[C@H]1O[C@@H](O[C@H]2[C@H](O)[C@@H](O)[C@H](O[C@@H]3[C@@H](O)[C@H](O[C@H]4[C@H](O)[C@@H](O)C(O)O[C@@H]4CO)O[C@H](C(=O)O)[C@H]3O)O[C@@H]2CO)[C@H](O)[C@@H](O)[C@@H]1O. The van der Waals surface area contributed by atoms with Crippen LogP contribution < -0.4 is 0 Å². The smallest absolute Gasteiger partial charge is 0.335 e. The Kier molecular flexibility index (Phi) is 12.4. The number of carboxylic acid groups (broad SMARTS) is 2. The van der Waals surface area contributed by atoms with Gasteiger partial charge in [0.15, 0.2) is 37.4 Å². The number of ether oxygens (including phenoxy) is 7. The van der Waals surface area contributed by atoms with Crippen LogP contribution in [0.5, 0.6) is 0 Å². The molecule has 0 amide bonds. The van der Waals surface area contributed by atoms with Crippen molar-refractivity contribution < 1.29 is 114 Å². The minimum Gasteiger partial charge on any atom is -0.479 e. The van der Waals surface area contributed by atoms with Gasteiger partial charge in [-0.2, -0.15) is 0 Å². The van der Waals surface area contributed by atoms with Gasteiger partial charge >= 0.3 is 11.9 Å².